The van der Waals surface area contributed by atoms with Gasteiger partial charge in [0.15, 0.2) is 0 Å². The van der Waals surface area contributed by atoms with Gasteiger partial charge >= 0.3 is 0 Å². The van der Waals surface area contributed by atoms with E-state index in [4.69, 9.17) is 4.99 Å². The number of aromatic nitrogens is 1. The van der Waals surface area contributed by atoms with Gasteiger partial charge in [-0.05, 0) is 112 Å². The molecule has 14 atom stereocenters. The zero-order valence-corrected chi connectivity index (χ0v) is 15.6. The number of aliphatic imine (C=N–C) groups is 1. The summed E-state index contributed by atoms with van der Waals surface area (Å²) < 4.78 is 0. The van der Waals surface area contributed by atoms with Crippen molar-refractivity contribution in [1.29, 1.82) is 0 Å². The molecule has 0 N–H and O–H groups in total. The van der Waals surface area contributed by atoms with Crippen LogP contribution in [-0.4, -0.2) is 11.2 Å². The first kappa shape index (κ1) is 13.3. The molecule has 0 radical (unpaired) electrons. The van der Waals surface area contributed by atoms with E-state index in [1.807, 2.05) is 18.5 Å². The van der Waals surface area contributed by atoms with Crippen LogP contribution < -0.4 is 0 Å². The molecule has 2 bridgehead atoms. The second kappa shape index (κ2) is 3.76. The summed E-state index contributed by atoms with van der Waals surface area (Å²) in [5.74, 6) is 14.9. The predicted molar refractivity (Wildman–Crippen MR) is 105 cm³/mol. The number of pyridine rings is 1. The molecule has 7 fully saturated rings. The smallest absolute Gasteiger partial charge is 0.0812 e. The minimum atomic E-state index is 0.825. The van der Waals surface area contributed by atoms with Gasteiger partial charge in [0.1, 0.15) is 0 Å². The van der Waals surface area contributed by atoms with Crippen LogP contribution in [0.1, 0.15) is 28.7 Å². The molecule has 0 aliphatic heterocycles. The largest absolute Gasteiger partial charge is 0.255 e. The highest BCUT2D eigenvalue weighted by Gasteiger charge is 2.92. The Labute approximate surface area is 164 Å². The molecular weight excluding hydrogens is 340 g/mol. The summed E-state index contributed by atoms with van der Waals surface area (Å²) in [7, 11) is 0. The molecule has 3 unspecified atom stereocenters. The summed E-state index contributed by atoms with van der Waals surface area (Å²) in [6.45, 7) is 0. The Hall–Kier alpha value is -1.96. The minimum absolute atomic E-state index is 0.825. The van der Waals surface area contributed by atoms with Gasteiger partial charge in [0.05, 0.1) is 17.6 Å². The monoisotopic (exact) mass is 362 g/mol. The van der Waals surface area contributed by atoms with Gasteiger partial charge in [0.2, 0.25) is 0 Å². The Balaban J connectivity index is 1.23. The fourth-order valence-corrected chi connectivity index (χ4v) is 11.9. The normalized spacial score (nSPS) is 60.0. The van der Waals surface area contributed by atoms with Crippen molar-refractivity contribution in [3.05, 3.63) is 59.4 Å². The van der Waals surface area contributed by atoms with E-state index < -0.39 is 0 Å². The van der Waals surface area contributed by atoms with Crippen molar-refractivity contribution < 1.29 is 0 Å². The first-order valence-corrected chi connectivity index (χ1v) is 11.5. The van der Waals surface area contributed by atoms with Crippen molar-refractivity contribution in [3.8, 4) is 0 Å². The third-order valence-electron chi connectivity index (χ3n) is 11.6. The molecule has 0 amide bonds. The van der Waals surface area contributed by atoms with Crippen LogP contribution in [0.5, 0.6) is 0 Å². The molecular formula is C26H22N2. The van der Waals surface area contributed by atoms with E-state index in [-0.39, 0.29) is 0 Å². The van der Waals surface area contributed by atoms with Crippen LogP contribution >= 0.6 is 0 Å². The van der Waals surface area contributed by atoms with E-state index in [1.165, 1.54) is 11.6 Å². The zero-order chi connectivity index (χ0) is 17.5. The summed E-state index contributed by atoms with van der Waals surface area (Å²) >= 11 is 0. The molecule has 0 spiro atoms. The molecule has 2 nitrogen and oxygen atoms in total. The molecule has 9 aliphatic rings. The van der Waals surface area contributed by atoms with Crippen LogP contribution in [-0.2, 0) is 0 Å². The van der Waals surface area contributed by atoms with Crippen molar-refractivity contribution in [1.82, 2.24) is 4.98 Å². The van der Waals surface area contributed by atoms with E-state index in [0.717, 1.165) is 82.6 Å². The van der Waals surface area contributed by atoms with Crippen LogP contribution in [0.15, 0.2) is 47.6 Å². The van der Waals surface area contributed by atoms with E-state index in [1.54, 1.807) is 11.1 Å². The first-order chi connectivity index (χ1) is 13.9. The van der Waals surface area contributed by atoms with E-state index in [9.17, 15) is 0 Å². The summed E-state index contributed by atoms with van der Waals surface area (Å²) in [5.41, 5.74) is 5.49. The molecule has 2 heteroatoms. The van der Waals surface area contributed by atoms with Gasteiger partial charge in [0, 0.05) is 6.20 Å². The second-order valence-corrected chi connectivity index (χ2v) is 11.3. The molecule has 9 aliphatic carbocycles. The molecule has 0 saturated heterocycles. The molecule has 1 aromatic heterocycles. The number of hydrogen-bond acceptors (Lipinski definition) is 2. The van der Waals surface area contributed by atoms with Gasteiger partial charge in [-0.25, -0.2) is 0 Å². The Bertz CT molecular complexity index is 1140. The molecule has 11 rings (SSSR count). The number of benzene rings is 1. The molecule has 1 heterocycles. The topological polar surface area (TPSA) is 25.2 Å². The molecule has 28 heavy (non-hydrogen) atoms. The summed E-state index contributed by atoms with van der Waals surface area (Å²) in [6.07, 6.45) is 3.86. The molecule has 2 aromatic rings. The zero-order valence-electron chi connectivity index (χ0n) is 15.6. The van der Waals surface area contributed by atoms with Crippen LogP contribution in [0.3, 0.4) is 0 Å². The Morgan fingerprint density at radius 3 is 2.07 bits per heavy atom. The van der Waals surface area contributed by atoms with E-state index in [2.05, 4.69) is 35.3 Å². The lowest BCUT2D eigenvalue weighted by molar-refractivity contribution is -0.0168. The highest BCUT2D eigenvalue weighted by atomic mass is 15.0. The van der Waals surface area contributed by atoms with Gasteiger partial charge < -0.3 is 0 Å². The van der Waals surface area contributed by atoms with Gasteiger partial charge in [0.25, 0.3) is 0 Å². The lowest BCUT2D eigenvalue weighted by Gasteiger charge is -2.50. The molecule has 1 aromatic carbocycles. The van der Waals surface area contributed by atoms with Gasteiger partial charge in [-0.2, -0.15) is 0 Å². The third kappa shape index (κ3) is 1.02. The van der Waals surface area contributed by atoms with Crippen LogP contribution in [0.2, 0.25) is 0 Å². The number of fused-ring (bicyclic) bond motifs is 4. The second-order valence-electron chi connectivity index (χ2n) is 11.3. The van der Waals surface area contributed by atoms with Crippen molar-refractivity contribution in [3.63, 3.8) is 0 Å². The first-order valence-electron chi connectivity index (χ1n) is 11.5. The van der Waals surface area contributed by atoms with Crippen molar-refractivity contribution in [2.24, 2.45) is 76.0 Å². The average molecular weight is 362 g/mol. The van der Waals surface area contributed by atoms with Crippen LogP contribution in [0, 0.1) is 71.0 Å². The predicted octanol–water partition coefficient (Wildman–Crippen LogP) is 4.50. The molecule has 136 valence electrons. The third-order valence-corrected chi connectivity index (χ3v) is 11.6. The molecule has 7 saturated carbocycles. The summed E-state index contributed by atoms with van der Waals surface area (Å²) in [4.78, 5) is 9.50. The summed E-state index contributed by atoms with van der Waals surface area (Å²) in [6, 6.07) is 13.6. The summed E-state index contributed by atoms with van der Waals surface area (Å²) in [5, 5.41) is 0. The van der Waals surface area contributed by atoms with E-state index in [0.29, 0.717) is 0 Å². The van der Waals surface area contributed by atoms with Crippen molar-refractivity contribution in [2.45, 2.75) is 11.8 Å². The Morgan fingerprint density at radius 2 is 1.32 bits per heavy atom. The SMILES string of the molecule is C(=Nc1cc2ccc1[C@H]1[C@@H]3C4C5C6[C@H]7[C@@H]4[C@H]3[C@H]3[C@H]7[C@H]6[C@H]([C@@H]13)[C@@H]25)c1ccccn1. The maximum atomic E-state index is 5.04. The van der Waals surface area contributed by atoms with Crippen molar-refractivity contribution >= 4 is 11.9 Å². The number of nitrogens with zero attached hydrogens (tertiary/aromatic N) is 2. The standard InChI is InChI=1S/C26H22N2/c1-2-6-27-10(3-1)8-28-12-7-9-4-5-11(12)14-17-15-13(9)16-19-18(14)23-22(17)25-20(15)21(16)26(25)24(19)23/h1-8,13-26H/t13-,14-,15+,16?,17-,18-,19?,20+,21?,22+,23-,24+,25-,26+/m1/s1. The van der Waals surface area contributed by atoms with Gasteiger partial charge in [-0.1, -0.05) is 18.2 Å². The maximum Gasteiger partial charge on any atom is 0.0812 e. The van der Waals surface area contributed by atoms with E-state index >= 15 is 0 Å². The highest BCUT2D eigenvalue weighted by Crippen LogP contribution is 2.97. The average Bonchev–Trinajstić information content (AvgIpc) is 3.34. The van der Waals surface area contributed by atoms with Crippen LogP contribution in [0.4, 0.5) is 5.69 Å². The lowest BCUT2D eigenvalue weighted by atomic mass is 9.54. The quantitative estimate of drug-likeness (QED) is 0.722. The van der Waals surface area contributed by atoms with Crippen molar-refractivity contribution in [2.75, 3.05) is 0 Å². The number of hydrogen-bond donors (Lipinski definition) is 0. The van der Waals surface area contributed by atoms with Crippen LogP contribution in [0.25, 0.3) is 0 Å². The van der Waals surface area contributed by atoms with Gasteiger partial charge in [-0.3, -0.25) is 9.98 Å². The Morgan fingerprint density at radius 1 is 0.679 bits per heavy atom. The fraction of sp³-hybridized carbons (Fsp3) is 0.538. The Kier molecular flexibility index (Phi) is 1.79. The lowest BCUT2D eigenvalue weighted by Crippen LogP contribution is -2.46. The number of rotatable bonds is 2. The maximum absolute atomic E-state index is 5.04. The van der Waals surface area contributed by atoms with Gasteiger partial charge in [-0.15, -0.1) is 0 Å². The highest BCUT2D eigenvalue weighted by molar-refractivity contribution is 5.80. The fourth-order valence-electron chi connectivity index (χ4n) is 11.9. The minimum Gasteiger partial charge on any atom is -0.255 e.